The number of rotatable bonds is 5. The van der Waals surface area contributed by atoms with Crippen LogP contribution < -0.4 is 4.90 Å². The second-order valence-corrected chi connectivity index (χ2v) is 8.29. The van der Waals surface area contributed by atoms with Crippen molar-refractivity contribution >= 4 is 56.6 Å². The first-order valence-electron chi connectivity index (χ1n) is 8.29. The number of piperazine rings is 1. The van der Waals surface area contributed by atoms with Crippen LogP contribution in [0.5, 0.6) is 0 Å². The van der Waals surface area contributed by atoms with Gasteiger partial charge in [0.1, 0.15) is 5.69 Å². The maximum absolute atomic E-state index is 12.5. The summed E-state index contributed by atoms with van der Waals surface area (Å²) in [6, 6.07) is 12.5. The van der Waals surface area contributed by atoms with E-state index in [1.54, 1.807) is 12.1 Å². The van der Waals surface area contributed by atoms with E-state index in [2.05, 4.69) is 15.9 Å². The van der Waals surface area contributed by atoms with Gasteiger partial charge in [-0.2, -0.15) is 0 Å². The van der Waals surface area contributed by atoms with Crippen molar-refractivity contribution in [2.75, 3.05) is 36.8 Å². The Balaban J connectivity index is 1.58. The van der Waals surface area contributed by atoms with Crippen molar-refractivity contribution in [1.29, 1.82) is 0 Å². The first-order chi connectivity index (χ1) is 13.0. The van der Waals surface area contributed by atoms with Crippen molar-refractivity contribution in [1.82, 2.24) is 4.90 Å². The van der Waals surface area contributed by atoms with Gasteiger partial charge in [0.05, 0.1) is 10.7 Å². The molecule has 3 rings (SSSR count). The fourth-order valence-corrected chi connectivity index (χ4v) is 4.54. The molecule has 1 heterocycles. The van der Waals surface area contributed by atoms with Gasteiger partial charge in [-0.25, -0.2) is 0 Å². The molecule has 142 valence electrons. The molecule has 1 fully saturated rings. The SMILES string of the molecule is O=C(CSc1ccccc1Br)N1CCN(c2ccc(Cl)cc2[N+](=O)[O-])CC1. The number of nitrogens with zero attached hydrogens (tertiary/aromatic N) is 3. The third-order valence-corrected chi connectivity index (χ3v) is 6.54. The number of anilines is 1. The minimum absolute atomic E-state index is 0.00763. The third kappa shape index (κ3) is 4.94. The summed E-state index contributed by atoms with van der Waals surface area (Å²) in [6.45, 7) is 2.17. The number of hydrogen-bond acceptors (Lipinski definition) is 5. The smallest absolute Gasteiger partial charge is 0.294 e. The number of carbonyl (C=O) groups is 1. The maximum Gasteiger partial charge on any atom is 0.294 e. The lowest BCUT2D eigenvalue weighted by Gasteiger charge is -2.35. The van der Waals surface area contributed by atoms with Crippen LogP contribution in [0.25, 0.3) is 0 Å². The average molecular weight is 471 g/mol. The molecule has 0 bridgehead atoms. The molecule has 0 N–H and O–H groups in total. The molecule has 2 aromatic rings. The van der Waals surface area contributed by atoms with Gasteiger partial charge in [0.15, 0.2) is 0 Å². The standard InChI is InChI=1S/C18H17BrClN3O3S/c19-14-3-1-2-4-17(14)27-12-18(24)22-9-7-21(8-10-22)15-6-5-13(20)11-16(15)23(25)26/h1-6,11H,7-10,12H2. The number of benzene rings is 2. The second kappa shape index (κ2) is 8.95. The lowest BCUT2D eigenvalue weighted by atomic mass is 10.2. The van der Waals surface area contributed by atoms with Crippen LogP contribution in [-0.4, -0.2) is 47.7 Å². The minimum Gasteiger partial charge on any atom is -0.362 e. The molecule has 0 saturated carbocycles. The molecule has 1 amide bonds. The molecule has 0 atom stereocenters. The Hall–Kier alpha value is -1.77. The van der Waals surface area contributed by atoms with Crippen molar-refractivity contribution in [2.45, 2.75) is 4.90 Å². The molecule has 0 aromatic heterocycles. The van der Waals surface area contributed by atoms with Crippen LogP contribution in [-0.2, 0) is 4.79 Å². The topological polar surface area (TPSA) is 66.7 Å². The Labute approximate surface area is 174 Å². The summed E-state index contributed by atoms with van der Waals surface area (Å²) in [5, 5.41) is 11.6. The van der Waals surface area contributed by atoms with Crippen molar-refractivity contribution < 1.29 is 9.72 Å². The van der Waals surface area contributed by atoms with E-state index in [0.29, 0.717) is 42.6 Å². The van der Waals surface area contributed by atoms with Crippen LogP contribution in [0.2, 0.25) is 5.02 Å². The van der Waals surface area contributed by atoms with Gasteiger partial charge < -0.3 is 9.80 Å². The number of nitro benzene ring substituents is 1. The van der Waals surface area contributed by atoms with E-state index in [4.69, 9.17) is 11.6 Å². The van der Waals surface area contributed by atoms with Crippen molar-refractivity contribution in [3.8, 4) is 0 Å². The molecule has 6 nitrogen and oxygen atoms in total. The summed E-state index contributed by atoms with van der Waals surface area (Å²) in [4.78, 5) is 28.1. The van der Waals surface area contributed by atoms with Crippen LogP contribution in [0.3, 0.4) is 0 Å². The molecule has 0 aliphatic carbocycles. The molecule has 2 aromatic carbocycles. The second-order valence-electron chi connectivity index (χ2n) is 5.98. The summed E-state index contributed by atoms with van der Waals surface area (Å²) in [7, 11) is 0. The van der Waals surface area contributed by atoms with Gasteiger partial charge in [-0.1, -0.05) is 23.7 Å². The van der Waals surface area contributed by atoms with E-state index in [9.17, 15) is 14.9 Å². The fraction of sp³-hybridized carbons (Fsp3) is 0.278. The highest BCUT2D eigenvalue weighted by Crippen LogP contribution is 2.32. The highest BCUT2D eigenvalue weighted by atomic mass is 79.9. The van der Waals surface area contributed by atoms with Crippen molar-refractivity contribution in [2.24, 2.45) is 0 Å². The summed E-state index contributed by atoms with van der Waals surface area (Å²) in [5.41, 5.74) is 0.533. The first kappa shape index (κ1) is 20.0. The summed E-state index contributed by atoms with van der Waals surface area (Å²) >= 11 is 10.9. The molecular formula is C18H17BrClN3O3S. The highest BCUT2D eigenvalue weighted by Gasteiger charge is 2.26. The van der Waals surface area contributed by atoms with Crippen LogP contribution in [0.1, 0.15) is 0 Å². The molecule has 1 aliphatic rings. The zero-order valence-electron chi connectivity index (χ0n) is 14.3. The van der Waals surface area contributed by atoms with Crippen LogP contribution in [0, 0.1) is 10.1 Å². The van der Waals surface area contributed by atoms with E-state index in [-0.39, 0.29) is 11.6 Å². The van der Waals surface area contributed by atoms with E-state index < -0.39 is 4.92 Å². The molecule has 0 spiro atoms. The van der Waals surface area contributed by atoms with Crippen molar-refractivity contribution in [3.05, 3.63) is 62.1 Å². The van der Waals surface area contributed by atoms with Gasteiger partial charge in [0, 0.05) is 46.6 Å². The first-order valence-corrected chi connectivity index (χ1v) is 10.5. The van der Waals surface area contributed by atoms with Gasteiger partial charge >= 0.3 is 0 Å². The largest absolute Gasteiger partial charge is 0.362 e. The molecule has 1 aliphatic heterocycles. The fourth-order valence-electron chi connectivity index (χ4n) is 2.90. The molecule has 27 heavy (non-hydrogen) atoms. The van der Waals surface area contributed by atoms with E-state index in [1.165, 1.54) is 17.8 Å². The van der Waals surface area contributed by atoms with E-state index in [1.807, 2.05) is 34.1 Å². The quantitative estimate of drug-likeness (QED) is 0.367. The van der Waals surface area contributed by atoms with Crippen LogP contribution in [0.15, 0.2) is 51.8 Å². The number of amides is 1. The number of carbonyl (C=O) groups excluding carboxylic acids is 1. The van der Waals surface area contributed by atoms with E-state index >= 15 is 0 Å². The van der Waals surface area contributed by atoms with E-state index in [0.717, 1.165) is 9.37 Å². The number of hydrogen-bond donors (Lipinski definition) is 0. The van der Waals surface area contributed by atoms with Crippen molar-refractivity contribution in [3.63, 3.8) is 0 Å². The van der Waals surface area contributed by atoms with Gasteiger partial charge in [-0.05, 0) is 40.2 Å². The highest BCUT2D eigenvalue weighted by molar-refractivity contribution is 9.10. The lowest BCUT2D eigenvalue weighted by molar-refractivity contribution is -0.384. The van der Waals surface area contributed by atoms with Gasteiger partial charge in [0.25, 0.3) is 5.69 Å². The van der Waals surface area contributed by atoms with Crippen LogP contribution in [0.4, 0.5) is 11.4 Å². The Morgan fingerprint density at radius 2 is 1.89 bits per heavy atom. The summed E-state index contributed by atoms with van der Waals surface area (Å²) in [6.07, 6.45) is 0. The predicted octanol–water partition coefficient (Wildman–Crippen LogP) is 4.45. The zero-order chi connectivity index (χ0) is 19.4. The molecule has 9 heteroatoms. The molecule has 0 unspecified atom stereocenters. The maximum atomic E-state index is 12.5. The van der Waals surface area contributed by atoms with Gasteiger partial charge in [0.2, 0.25) is 5.91 Å². The Bertz CT molecular complexity index is 859. The third-order valence-electron chi connectivity index (χ3n) is 4.30. The van der Waals surface area contributed by atoms with Gasteiger partial charge in [-0.3, -0.25) is 14.9 Å². The monoisotopic (exact) mass is 469 g/mol. The Morgan fingerprint density at radius 3 is 2.56 bits per heavy atom. The summed E-state index contributed by atoms with van der Waals surface area (Å²) in [5.74, 6) is 0.435. The Kier molecular flexibility index (Phi) is 6.62. The number of thioether (sulfide) groups is 1. The number of halogens is 2. The molecule has 0 radical (unpaired) electrons. The molecule has 1 saturated heterocycles. The normalized spacial score (nSPS) is 14.3. The lowest BCUT2D eigenvalue weighted by Crippen LogP contribution is -2.49. The Morgan fingerprint density at radius 1 is 1.19 bits per heavy atom. The summed E-state index contributed by atoms with van der Waals surface area (Å²) < 4.78 is 0.975. The zero-order valence-corrected chi connectivity index (χ0v) is 17.5. The number of nitro groups is 1. The van der Waals surface area contributed by atoms with Crippen LogP contribution >= 0.6 is 39.3 Å². The predicted molar refractivity (Wildman–Crippen MR) is 112 cm³/mol. The average Bonchev–Trinajstić information content (AvgIpc) is 2.67. The van der Waals surface area contributed by atoms with Gasteiger partial charge in [-0.15, -0.1) is 11.8 Å². The minimum atomic E-state index is -0.424. The molecular weight excluding hydrogens is 454 g/mol.